The molecule has 0 radical (unpaired) electrons. The van der Waals surface area contributed by atoms with Crippen molar-refractivity contribution in [2.24, 2.45) is 11.7 Å². The number of hydrogen-bond donors (Lipinski definition) is 4. The number of carbonyl (C=O) groups is 1. The zero-order valence-corrected chi connectivity index (χ0v) is 15.8. The Labute approximate surface area is 165 Å². The van der Waals surface area contributed by atoms with Gasteiger partial charge in [-0.1, -0.05) is 13.8 Å². The molecule has 2 aromatic rings. The van der Waals surface area contributed by atoms with Crippen LogP contribution in [0.25, 0.3) is 11.0 Å². The number of aliphatic hydroxyl groups excluding tert-OH is 2. The summed E-state index contributed by atoms with van der Waals surface area (Å²) in [4.78, 5) is 19.8. The van der Waals surface area contributed by atoms with E-state index in [-0.39, 0.29) is 17.4 Å². The monoisotopic (exact) mass is 407 g/mol. The first-order valence-corrected chi connectivity index (χ1v) is 8.80. The van der Waals surface area contributed by atoms with Crippen molar-refractivity contribution in [3.8, 4) is 12.3 Å². The van der Waals surface area contributed by atoms with E-state index in [4.69, 9.17) is 27.4 Å². The lowest BCUT2D eigenvalue weighted by molar-refractivity contribution is -0.232. The minimum Gasteiger partial charge on any atom is -0.458 e. The van der Waals surface area contributed by atoms with Crippen LogP contribution in [-0.2, 0) is 20.0 Å². The van der Waals surface area contributed by atoms with E-state index in [0.29, 0.717) is 5.39 Å². The zero-order valence-electron chi connectivity index (χ0n) is 15.8. The molecule has 1 fully saturated rings. The second-order valence-electron chi connectivity index (χ2n) is 7.18. The summed E-state index contributed by atoms with van der Waals surface area (Å²) in [6, 6.07) is 0.513. The Bertz CT molecular complexity index is 975. The van der Waals surface area contributed by atoms with E-state index in [1.165, 1.54) is 12.3 Å². The Morgan fingerprint density at radius 1 is 1.48 bits per heavy atom. The van der Waals surface area contributed by atoms with Gasteiger partial charge in [0.25, 0.3) is 5.85 Å². The molecule has 1 aliphatic heterocycles. The second kappa shape index (κ2) is 7.23. The number of aliphatic hydroxyl groups is 2. The standard InChI is InChI=1S/C18H22FN5O5/c1-4-18(24-6-5-10-14(21)22-8-23-15(10)24)13(26)12(25)17(19,29-18)7-28-16(27)11(20)9(2)3/h1,5-6,8-9,11-13,25-26H,7,20H2,2-3H3,(H2,21,22,23)/t11-,12-,13+,17+,18+/m0/s1. The number of nitrogens with zero attached hydrogens (tertiary/aromatic N) is 3. The molecule has 3 heterocycles. The predicted molar refractivity (Wildman–Crippen MR) is 99.5 cm³/mol. The van der Waals surface area contributed by atoms with Gasteiger partial charge in [0.1, 0.15) is 36.0 Å². The first-order valence-electron chi connectivity index (χ1n) is 8.80. The SMILES string of the molecule is C#C[C@@]1(n2ccc3c(N)ncnc32)O[C@](F)(COC(=O)[C@@H](N)C(C)C)[C@@H](O)[C@H]1O. The van der Waals surface area contributed by atoms with Gasteiger partial charge in [0.15, 0.2) is 6.61 Å². The van der Waals surface area contributed by atoms with Crippen LogP contribution in [0.5, 0.6) is 0 Å². The number of hydrogen-bond acceptors (Lipinski definition) is 9. The maximum absolute atomic E-state index is 15.4. The topological polar surface area (TPSA) is 159 Å². The molecule has 0 aromatic carbocycles. The number of terminal acetylenes is 1. The van der Waals surface area contributed by atoms with Gasteiger partial charge in [-0.05, 0) is 17.9 Å². The number of ether oxygens (including phenoxy) is 2. The lowest BCUT2D eigenvalue weighted by Crippen LogP contribution is -2.46. The number of anilines is 1. The van der Waals surface area contributed by atoms with Gasteiger partial charge in [0, 0.05) is 6.20 Å². The van der Waals surface area contributed by atoms with Crippen molar-refractivity contribution in [2.45, 2.75) is 43.7 Å². The quantitative estimate of drug-likeness (QED) is 0.369. The molecule has 1 saturated heterocycles. The normalized spacial score (nSPS) is 30.4. The fourth-order valence-corrected chi connectivity index (χ4v) is 3.10. The highest BCUT2D eigenvalue weighted by Crippen LogP contribution is 2.44. The predicted octanol–water partition coefficient (Wildman–Crippen LogP) is -0.756. The minimum absolute atomic E-state index is 0.136. The third-order valence-electron chi connectivity index (χ3n) is 4.95. The van der Waals surface area contributed by atoms with Crippen molar-refractivity contribution in [1.29, 1.82) is 0 Å². The molecule has 2 aromatic heterocycles. The molecule has 6 N–H and O–H groups in total. The molecule has 0 bridgehead atoms. The van der Waals surface area contributed by atoms with Crippen LogP contribution in [0.1, 0.15) is 13.8 Å². The average molecular weight is 407 g/mol. The second-order valence-corrected chi connectivity index (χ2v) is 7.18. The fraction of sp³-hybridized carbons (Fsp3) is 0.500. The van der Waals surface area contributed by atoms with Crippen molar-refractivity contribution in [3.05, 3.63) is 18.6 Å². The Morgan fingerprint density at radius 2 is 2.17 bits per heavy atom. The van der Waals surface area contributed by atoms with Crippen LogP contribution in [0.4, 0.5) is 10.2 Å². The van der Waals surface area contributed by atoms with Crippen LogP contribution in [0, 0.1) is 18.3 Å². The summed E-state index contributed by atoms with van der Waals surface area (Å²) in [5.74, 6) is -1.81. The summed E-state index contributed by atoms with van der Waals surface area (Å²) in [6.07, 6.45) is 4.06. The Kier molecular flexibility index (Phi) is 5.22. The third-order valence-corrected chi connectivity index (χ3v) is 4.95. The summed E-state index contributed by atoms with van der Waals surface area (Å²) in [6.45, 7) is 2.36. The molecule has 10 nitrogen and oxygen atoms in total. The molecule has 156 valence electrons. The highest BCUT2D eigenvalue weighted by Gasteiger charge is 2.65. The third kappa shape index (κ3) is 3.20. The summed E-state index contributed by atoms with van der Waals surface area (Å²) >= 11 is 0. The van der Waals surface area contributed by atoms with E-state index >= 15 is 4.39 Å². The van der Waals surface area contributed by atoms with Gasteiger partial charge in [-0.2, -0.15) is 0 Å². The number of rotatable bonds is 5. The summed E-state index contributed by atoms with van der Waals surface area (Å²) in [7, 11) is 0. The Balaban J connectivity index is 1.95. The number of fused-ring (bicyclic) bond motifs is 1. The lowest BCUT2D eigenvalue weighted by Gasteiger charge is -2.29. The summed E-state index contributed by atoms with van der Waals surface area (Å²) in [5.41, 5.74) is 9.44. The van der Waals surface area contributed by atoms with Crippen molar-refractivity contribution in [1.82, 2.24) is 14.5 Å². The largest absolute Gasteiger partial charge is 0.458 e. The number of nitrogens with two attached hydrogens (primary N) is 2. The molecule has 3 rings (SSSR count). The average Bonchev–Trinajstić information content (AvgIpc) is 3.21. The van der Waals surface area contributed by atoms with E-state index in [1.807, 2.05) is 0 Å². The number of aromatic nitrogens is 3. The lowest BCUT2D eigenvalue weighted by atomic mass is 10.0. The van der Waals surface area contributed by atoms with Gasteiger partial charge in [0.2, 0.25) is 5.72 Å². The van der Waals surface area contributed by atoms with E-state index in [0.717, 1.165) is 10.9 Å². The number of carbonyl (C=O) groups excluding carboxylic acids is 1. The molecule has 0 unspecified atom stereocenters. The fourth-order valence-electron chi connectivity index (χ4n) is 3.10. The maximum atomic E-state index is 15.4. The molecule has 11 heteroatoms. The molecular weight excluding hydrogens is 385 g/mol. The maximum Gasteiger partial charge on any atom is 0.323 e. The van der Waals surface area contributed by atoms with Gasteiger partial charge in [0.05, 0.1) is 5.39 Å². The van der Waals surface area contributed by atoms with Crippen LogP contribution in [0.15, 0.2) is 18.6 Å². The van der Waals surface area contributed by atoms with Gasteiger partial charge >= 0.3 is 5.97 Å². The van der Waals surface area contributed by atoms with Gasteiger partial charge < -0.3 is 26.4 Å². The van der Waals surface area contributed by atoms with E-state index in [1.54, 1.807) is 13.8 Å². The van der Waals surface area contributed by atoms with E-state index < -0.39 is 42.4 Å². The first kappa shape index (κ1) is 20.9. The molecule has 5 atom stereocenters. The van der Waals surface area contributed by atoms with Gasteiger partial charge in [-0.15, -0.1) is 6.42 Å². The first-order chi connectivity index (χ1) is 13.6. The van der Waals surface area contributed by atoms with Crippen molar-refractivity contribution < 1.29 is 28.9 Å². The minimum atomic E-state index is -2.99. The summed E-state index contributed by atoms with van der Waals surface area (Å²) < 4.78 is 26.8. The molecule has 0 amide bonds. The molecule has 0 saturated carbocycles. The Hall–Kier alpha value is -2.78. The molecular formula is C18H22FN5O5. The molecule has 1 aliphatic rings. The highest BCUT2D eigenvalue weighted by molar-refractivity contribution is 5.86. The van der Waals surface area contributed by atoms with Crippen LogP contribution < -0.4 is 11.5 Å². The molecule has 29 heavy (non-hydrogen) atoms. The smallest absolute Gasteiger partial charge is 0.323 e. The van der Waals surface area contributed by atoms with Crippen LogP contribution in [0.2, 0.25) is 0 Å². The molecule has 0 aliphatic carbocycles. The number of esters is 1. The Morgan fingerprint density at radius 3 is 2.79 bits per heavy atom. The number of halogens is 1. The number of nitrogen functional groups attached to an aromatic ring is 1. The summed E-state index contributed by atoms with van der Waals surface area (Å²) in [5, 5.41) is 21.3. The van der Waals surface area contributed by atoms with Gasteiger partial charge in [-0.25, -0.2) is 14.4 Å². The zero-order chi connectivity index (χ0) is 21.6. The molecule has 0 spiro atoms. The number of alkyl halides is 1. The van der Waals surface area contributed by atoms with Crippen molar-refractivity contribution in [3.63, 3.8) is 0 Å². The van der Waals surface area contributed by atoms with Crippen LogP contribution in [-0.4, -0.2) is 61.4 Å². The van der Waals surface area contributed by atoms with Crippen LogP contribution in [0.3, 0.4) is 0 Å². The van der Waals surface area contributed by atoms with Crippen LogP contribution >= 0.6 is 0 Å². The van der Waals surface area contributed by atoms with E-state index in [9.17, 15) is 15.0 Å². The highest BCUT2D eigenvalue weighted by atomic mass is 19.2. The van der Waals surface area contributed by atoms with E-state index in [2.05, 4.69) is 15.9 Å². The van der Waals surface area contributed by atoms with Crippen molar-refractivity contribution in [2.75, 3.05) is 12.3 Å². The van der Waals surface area contributed by atoms with Crippen molar-refractivity contribution >= 4 is 22.8 Å². The van der Waals surface area contributed by atoms with Gasteiger partial charge in [-0.3, -0.25) is 14.1 Å².